The predicted octanol–water partition coefficient (Wildman–Crippen LogP) is 1.80. The molecular formula is C16H20F2N2O4S. The van der Waals surface area contributed by atoms with E-state index in [4.69, 9.17) is 0 Å². The molecule has 1 fully saturated rings. The Morgan fingerprint density at radius 2 is 1.92 bits per heavy atom. The molecule has 25 heavy (non-hydrogen) atoms. The Labute approximate surface area is 145 Å². The van der Waals surface area contributed by atoms with E-state index in [9.17, 15) is 22.0 Å². The van der Waals surface area contributed by atoms with E-state index in [-0.39, 0.29) is 24.7 Å². The minimum Gasteiger partial charge on any atom is -0.434 e. The van der Waals surface area contributed by atoms with Crippen molar-refractivity contribution in [2.75, 3.05) is 32.4 Å². The number of hydrogen-bond donors (Lipinski definition) is 0. The van der Waals surface area contributed by atoms with Crippen molar-refractivity contribution in [3.8, 4) is 5.75 Å². The van der Waals surface area contributed by atoms with Crippen LogP contribution in [0.25, 0.3) is 6.08 Å². The molecule has 0 bridgehead atoms. The lowest BCUT2D eigenvalue weighted by atomic mass is 10.2. The van der Waals surface area contributed by atoms with E-state index < -0.39 is 16.6 Å². The van der Waals surface area contributed by atoms with Crippen LogP contribution >= 0.6 is 0 Å². The lowest BCUT2D eigenvalue weighted by Crippen LogP contribution is -2.36. The number of ether oxygens (including phenoxy) is 1. The van der Waals surface area contributed by atoms with Crippen molar-refractivity contribution in [3.63, 3.8) is 0 Å². The van der Waals surface area contributed by atoms with E-state index in [0.717, 1.165) is 6.26 Å². The molecule has 0 radical (unpaired) electrons. The van der Waals surface area contributed by atoms with Crippen molar-refractivity contribution >= 4 is 22.0 Å². The van der Waals surface area contributed by atoms with Gasteiger partial charge in [-0.2, -0.15) is 8.78 Å². The van der Waals surface area contributed by atoms with Gasteiger partial charge in [-0.25, -0.2) is 12.7 Å². The zero-order chi connectivity index (χ0) is 18.4. The second kappa shape index (κ2) is 8.39. The van der Waals surface area contributed by atoms with Gasteiger partial charge in [0.1, 0.15) is 5.75 Å². The summed E-state index contributed by atoms with van der Waals surface area (Å²) in [5, 5.41) is 0. The van der Waals surface area contributed by atoms with Gasteiger partial charge in [0, 0.05) is 37.8 Å². The Kier molecular flexibility index (Phi) is 6.49. The van der Waals surface area contributed by atoms with Crippen LogP contribution in [0.3, 0.4) is 0 Å². The number of carbonyl (C=O) groups is 1. The summed E-state index contributed by atoms with van der Waals surface area (Å²) in [5.74, 6) is -0.317. The van der Waals surface area contributed by atoms with Crippen LogP contribution < -0.4 is 4.74 Å². The molecule has 1 saturated heterocycles. The summed E-state index contributed by atoms with van der Waals surface area (Å²) >= 11 is 0. The summed E-state index contributed by atoms with van der Waals surface area (Å²) in [7, 11) is -3.28. The maximum absolute atomic E-state index is 12.4. The van der Waals surface area contributed by atoms with Gasteiger partial charge in [-0.3, -0.25) is 4.79 Å². The highest BCUT2D eigenvalue weighted by Crippen LogP contribution is 2.21. The minimum atomic E-state index is -3.28. The molecule has 0 saturated carbocycles. The smallest absolute Gasteiger partial charge is 0.387 e. The fourth-order valence-electron chi connectivity index (χ4n) is 2.53. The molecule has 1 aromatic carbocycles. The normalized spacial score (nSPS) is 17.0. The molecule has 9 heteroatoms. The van der Waals surface area contributed by atoms with E-state index in [1.54, 1.807) is 18.2 Å². The topological polar surface area (TPSA) is 66.9 Å². The van der Waals surface area contributed by atoms with Crippen LogP contribution in [-0.4, -0.2) is 62.6 Å². The monoisotopic (exact) mass is 374 g/mol. The highest BCUT2D eigenvalue weighted by Gasteiger charge is 2.22. The maximum Gasteiger partial charge on any atom is 0.387 e. The fourth-order valence-corrected chi connectivity index (χ4v) is 3.41. The summed E-state index contributed by atoms with van der Waals surface area (Å²) in [6, 6.07) is 6.17. The third-order valence-electron chi connectivity index (χ3n) is 3.78. The van der Waals surface area contributed by atoms with Crippen molar-refractivity contribution in [3.05, 3.63) is 35.9 Å². The standard InChI is InChI=1S/C16H20F2N2O4S/c1-25(22,23)20-10-4-9-19(11-12-20)15(21)8-7-13-5-2-3-6-14(13)24-16(17)18/h2-3,5-8,16H,4,9-12H2,1H3/b8-7+. The first-order valence-electron chi connectivity index (χ1n) is 7.73. The number of halogens is 2. The van der Waals surface area contributed by atoms with E-state index in [1.165, 1.54) is 27.4 Å². The first kappa shape index (κ1) is 19.3. The number of benzene rings is 1. The largest absolute Gasteiger partial charge is 0.434 e. The molecule has 1 heterocycles. The Morgan fingerprint density at radius 1 is 1.20 bits per heavy atom. The zero-order valence-electron chi connectivity index (χ0n) is 13.8. The second-order valence-electron chi connectivity index (χ2n) is 5.59. The van der Waals surface area contributed by atoms with Crippen LogP contribution in [0.2, 0.25) is 0 Å². The molecule has 0 unspecified atom stereocenters. The van der Waals surface area contributed by atoms with Crippen LogP contribution in [0.4, 0.5) is 8.78 Å². The van der Waals surface area contributed by atoms with Crippen LogP contribution in [-0.2, 0) is 14.8 Å². The second-order valence-corrected chi connectivity index (χ2v) is 7.57. The Hall–Kier alpha value is -2.00. The van der Waals surface area contributed by atoms with E-state index in [1.807, 2.05) is 0 Å². The Bertz CT molecular complexity index is 737. The summed E-state index contributed by atoms with van der Waals surface area (Å²) in [4.78, 5) is 13.8. The first-order chi connectivity index (χ1) is 11.8. The molecule has 0 atom stereocenters. The third-order valence-corrected chi connectivity index (χ3v) is 5.08. The van der Waals surface area contributed by atoms with Crippen molar-refractivity contribution in [2.24, 2.45) is 0 Å². The highest BCUT2D eigenvalue weighted by molar-refractivity contribution is 7.88. The average Bonchev–Trinajstić information content (AvgIpc) is 2.79. The average molecular weight is 374 g/mol. The number of rotatable bonds is 5. The van der Waals surface area contributed by atoms with Gasteiger partial charge >= 0.3 is 6.61 Å². The Morgan fingerprint density at radius 3 is 2.60 bits per heavy atom. The van der Waals surface area contributed by atoms with Gasteiger partial charge in [0.2, 0.25) is 15.9 Å². The lowest BCUT2D eigenvalue weighted by molar-refractivity contribution is -0.125. The molecule has 0 aromatic heterocycles. The van der Waals surface area contributed by atoms with Crippen LogP contribution in [0.15, 0.2) is 30.3 Å². The van der Waals surface area contributed by atoms with Gasteiger partial charge in [0.05, 0.1) is 6.26 Å². The molecule has 0 spiro atoms. The molecule has 1 amide bonds. The summed E-state index contributed by atoms with van der Waals surface area (Å²) in [5.41, 5.74) is 0.365. The summed E-state index contributed by atoms with van der Waals surface area (Å²) in [6.07, 6.45) is 4.38. The van der Waals surface area contributed by atoms with Crippen molar-refractivity contribution in [1.29, 1.82) is 0 Å². The number of alkyl halides is 2. The number of nitrogens with zero attached hydrogens (tertiary/aromatic N) is 2. The quantitative estimate of drug-likeness (QED) is 0.737. The first-order valence-corrected chi connectivity index (χ1v) is 9.58. The number of amides is 1. The SMILES string of the molecule is CS(=O)(=O)N1CCCN(C(=O)/C=C/c2ccccc2OC(F)F)CC1. The van der Waals surface area contributed by atoms with Crippen molar-refractivity contribution in [2.45, 2.75) is 13.0 Å². The molecule has 0 aliphatic carbocycles. The molecule has 138 valence electrons. The van der Waals surface area contributed by atoms with E-state index in [2.05, 4.69) is 4.74 Å². The fraction of sp³-hybridized carbons (Fsp3) is 0.438. The molecule has 6 nitrogen and oxygen atoms in total. The molecule has 1 aliphatic rings. The third kappa shape index (κ3) is 5.79. The predicted molar refractivity (Wildman–Crippen MR) is 89.7 cm³/mol. The molecule has 2 rings (SSSR count). The van der Waals surface area contributed by atoms with Crippen LogP contribution in [0.1, 0.15) is 12.0 Å². The van der Waals surface area contributed by atoms with Crippen molar-refractivity contribution < 1.29 is 26.7 Å². The van der Waals surface area contributed by atoms with Crippen molar-refractivity contribution in [1.82, 2.24) is 9.21 Å². The van der Waals surface area contributed by atoms with Gasteiger partial charge in [-0.05, 0) is 18.6 Å². The molecule has 1 aromatic rings. The van der Waals surface area contributed by atoms with Gasteiger partial charge in [-0.15, -0.1) is 0 Å². The number of sulfonamides is 1. The summed E-state index contributed by atoms with van der Waals surface area (Å²) in [6.45, 7) is -1.62. The number of carbonyl (C=O) groups excluding carboxylic acids is 1. The number of para-hydroxylation sites is 1. The maximum atomic E-state index is 12.4. The number of hydrogen-bond acceptors (Lipinski definition) is 4. The van der Waals surface area contributed by atoms with E-state index >= 15 is 0 Å². The van der Waals surface area contributed by atoms with Gasteiger partial charge in [-0.1, -0.05) is 18.2 Å². The van der Waals surface area contributed by atoms with Crippen LogP contribution in [0.5, 0.6) is 5.75 Å². The molecule has 0 N–H and O–H groups in total. The molecule has 1 aliphatic heterocycles. The van der Waals surface area contributed by atoms with E-state index in [0.29, 0.717) is 25.1 Å². The zero-order valence-corrected chi connectivity index (χ0v) is 14.6. The summed E-state index contributed by atoms with van der Waals surface area (Å²) < 4.78 is 53.7. The molecular weight excluding hydrogens is 354 g/mol. The lowest BCUT2D eigenvalue weighted by Gasteiger charge is -2.19. The minimum absolute atomic E-state index is 0.0133. The van der Waals surface area contributed by atoms with Gasteiger partial charge < -0.3 is 9.64 Å². The van der Waals surface area contributed by atoms with Gasteiger partial charge in [0.15, 0.2) is 0 Å². The van der Waals surface area contributed by atoms with Crippen LogP contribution in [0, 0.1) is 0 Å². The Balaban J connectivity index is 2.04. The van der Waals surface area contributed by atoms with Gasteiger partial charge in [0.25, 0.3) is 0 Å². The highest BCUT2D eigenvalue weighted by atomic mass is 32.2.